The first-order valence-corrected chi connectivity index (χ1v) is 11.6. The topological polar surface area (TPSA) is 94.6 Å². The predicted molar refractivity (Wildman–Crippen MR) is 139 cm³/mol. The van der Waals surface area contributed by atoms with Gasteiger partial charge in [0.15, 0.2) is 0 Å². The minimum absolute atomic E-state index is 0.0135. The van der Waals surface area contributed by atoms with E-state index in [1.54, 1.807) is 31.4 Å². The van der Waals surface area contributed by atoms with Gasteiger partial charge in [-0.25, -0.2) is 4.79 Å². The number of allylic oxidation sites excluding steroid dienone is 1. The predicted octanol–water partition coefficient (Wildman–Crippen LogP) is 5.83. The summed E-state index contributed by atoms with van der Waals surface area (Å²) in [6, 6.07) is 22.8. The van der Waals surface area contributed by atoms with Gasteiger partial charge in [0.1, 0.15) is 28.9 Å². The van der Waals surface area contributed by atoms with E-state index in [9.17, 15) is 10.1 Å². The molecule has 4 rings (SSSR count). The molecule has 0 aromatic heterocycles. The molecule has 0 saturated carbocycles. The van der Waals surface area contributed by atoms with Crippen LogP contribution in [-0.2, 0) is 10.2 Å². The van der Waals surface area contributed by atoms with Crippen LogP contribution in [0.15, 0.2) is 84.3 Å². The van der Waals surface area contributed by atoms with Crippen molar-refractivity contribution in [2.24, 2.45) is 5.73 Å². The molecule has 182 valence electrons. The molecule has 6 nitrogen and oxygen atoms in total. The molecule has 0 bridgehead atoms. The highest BCUT2D eigenvalue weighted by atomic mass is 16.5. The number of nitrogens with two attached hydrogens (primary N) is 1. The Hall–Kier alpha value is -4.50. The standard InChI is InChI=1S/C30H28N2O4/c1-30(2,3)21-10-8-20(9-11-21)28-24-15-14-23(17-26(24)36-29(32)25(28)18-31)35-27(33)16-7-19-5-12-22(34-4)13-6-19/h5-17,28H,32H2,1-4H3/b16-7+. The number of fused-ring (bicyclic) bond motifs is 1. The molecule has 0 aliphatic carbocycles. The van der Waals surface area contributed by atoms with E-state index in [0.717, 1.165) is 22.4 Å². The molecule has 3 aromatic carbocycles. The Morgan fingerprint density at radius 1 is 1.03 bits per heavy atom. The fourth-order valence-corrected chi connectivity index (χ4v) is 4.05. The van der Waals surface area contributed by atoms with Gasteiger partial charge in [0.05, 0.1) is 13.0 Å². The molecule has 1 atom stereocenters. The Bertz CT molecular complexity index is 1370. The zero-order chi connectivity index (χ0) is 25.9. The summed E-state index contributed by atoms with van der Waals surface area (Å²) in [5.74, 6) is 0.622. The first kappa shape index (κ1) is 24.6. The summed E-state index contributed by atoms with van der Waals surface area (Å²) in [4.78, 5) is 12.4. The van der Waals surface area contributed by atoms with Gasteiger partial charge in [-0.05, 0) is 46.4 Å². The number of rotatable bonds is 5. The van der Waals surface area contributed by atoms with Gasteiger partial charge < -0.3 is 19.9 Å². The molecule has 1 unspecified atom stereocenters. The smallest absolute Gasteiger partial charge is 0.336 e. The van der Waals surface area contributed by atoms with E-state index >= 15 is 0 Å². The van der Waals surface area contributed by atoms with Crippen molar-refractivity contribution < 1.29 is 19.0 Å². The molecule has 1 heterocycles. The summed E-state index contributed by atoms with van der Waals surface area (Å²) in [6.45, 7) is 6.46. The lowest BCUT2D eigenvalue weighted by Crippen LogP contribution is -2.21. The van der Waals surface area contributed by atoms with Crippen molar-refractivity contribution in [1.82, 2.24) is 0 Å². The molecule has 6 heteroatoms. The van der Waals surface area contributed by atoms with Crippen LogP contribution in [0.3, 0.4) is 0 Å². The van der Waals surface area contributed by atoms with Crippen LogP contribution >= 0.6 is 0 Å². The van der Waals surface area contributed by atoms with Gasteiger partial charge in [-0.1, -0.05) is 63.2 Å². The van der Waals surface area contributed by atoms with Gasteiger partial charge in [0.2, 0.25) is 5.88 Å². The van der Waals surface area contributed by atoms with Crippen LogP contribution in [0, 0.1) is 11.3 Å². The van der Waals surface area contributed by atoms with E-state index in [1.807, 2.05) is 36.4 Å². The number of carbonyl (C=O) groups is 1. The van der Waals surface area contributed by atoms with Gasteiger partial charge >= 0.3 is 5.97 Å². The first-order valence-electron chi connectivity index (χ1n) is 11.6. The molecule has 0 amide bonds. The fourth-order valence-electron chi connectivity index (χ4n) is 4.05. The molecule has 2 N–H and O–H groups in total. The second-order valence-electron chi connectivity index (χ2n) is 9.52. The van der Waals surface area contributed by atoms with E-state index in [1.165, 1.54) is 11.6 Å². The van der Waals surface area contributed by atoms with Crippen molar-refractivity contribution in [3.63, 3.8) is 0 Å². The molecule has 36 heavy (non-hydrogen) atoms. The number of nitrogens with zero attached hydrogens (tertiary/aromatic N) is 1. The van der Waals surface area contributed by atoms with Gasteiger partial charge in [-0.15, -0.1) is 0 Å². The van der Waals surface area contributed by atoms with Crippen molar-refractivity contribution in [2.75, 3.05) is 7.11 Å². The zero-order valence-electron chi connectivity index (χ0n) is 20.7. The maximum absolute atomic E-state index is 12.4. The molecule has 0 fully saturated rings. The Labute approximate surface area is 211 Å². The first-order chi connectivity index (χ1) is 17.2. The summed E-state index contributed by atoms with van der Waals surface area (Å²) in [5.41, 5.74) is 10.2. The number of esters is 1. The molecule has 1 aliphatic rings. The third kappa shape index (κ3) is 5.26. The molecule has 3 aromatic rings. The second kappa shape index (κ2) is 10.0. The molecule has 0 radical (unpaired) electrons. The quantitative estimate of drug-likeness (QED) is 0.280. The minimum Gasteiger partial charge on any atom is -0.497 e. The number of hydrogen-bond donors (Lipinski definition) is 1. The van der Waals surface area contributed by atoms with Crippen LogP contribution < -0.4 is 19.9 Å². The van der Waals surface area contributed by atoms with Crippen LogP contribution in [0.1, 0.15) is 48.9 Å². The number of benzene rings is 3. The highest BCUT2D eigenvalue weighted by Crippen LogP contribution is 2.43. The van der Waals surface area contributed by atoms with Gasteiger partial charge in [-0.3, -0.25) is 0 Å². The normalized spacial score (nSPS) is 15.1. The second-order valence-corrected chi connectivity index (χ2v) is 9.52. The third-order valence-corrected chi connectivity index (χ3v) is 6.05. The lowest BCUT2D eigenvalue weighted by Gasteiger charge is -2.27. The third-order valence-electron chi connectivity index (χ3n) is 6.05. The average Bonchev–Trinajstić information content (AvgIpc) is 2.86. The lowest BCUT2D eigenvalue weighted by molar-refractivity contribution is -0.128. The van der Waals surface area contributed by atoms with E-state index in [0.29, 0.717) is 17.1 Å². The van der Waals surface area contributed by atoms with Crippen molar-refractivity contribution in [3.8, 4) is 23.3 Å². The number of nitriles is 1. The molecular formula is C30H28N2O4. The number of carbonyl (C=O) groups excluding carboxylic acids is 1. The molecule has 1 aliphatic heterocycles. The van der Waals surface area contributed by atoms with Gasteiger partial charge in [-0.2, -0.15) is 5.26 Å². The molecule has 0 spiro atoms. The monoisotopic (exact) mass is 480 g/mol. The zero-order valence-corrected chi connectivity index (χ0v) is 20.7. The summed E-state index contributed by atoms with van der Waals surface area (Å²) in [7, 11) is 1.60. The van der Waals surface area contributed by atoms with Crippen molar-refractivity contribution in [1.29, 1.82) is 5.26 Å². The summed E-state index contributed by atoms with van der Waals surface area (Å²) < 4.78 is 16.4. The number of ether oxygens (including phenoxy) is 3. The van der Waals surface area contributed by atoms with E-state index < -0.39 is 5.97 Å². The van der Waals surface area contributed by atoms with Crippen molar-refractivity contribution in [3.05, 3.63) is 107 Å². The van der Waals surface area contributed by atoms with Crippen LogP contribution in [-0.4, -0.2) is 13.1 Å². The Morgan fingerprint density at radius 3 is 2.31 bits per heavy atom. The van der Waals surface area contributed by atoms with Crippen LogP contribution in [0.2, 0.25) is 0 Å². The molecule has 0 saturated heterocycles. The lowest BCUT2D eigenvalue weighted by atomic mass is 9.81. The van der Waals surface area contributed by atoms with Gasteiger partial charge in [0.25, 0.3) is 0 Å². The van der Waals surface area contributed by atoms with Crippen molar-refractivity contribution >= 4 is 12.0 Å². The van der Waals surface area contributed by atoms with E-state index in [4.69, 9.17) is 19.9 Å². The Morgan fingerprint density at radius 2 is 1.69 bits per heavy atom. The van der Waals surface area contributed by atoms with Crippen LogP contribution in [0.5, 0.6) is 17.2 Å². The van der Waals surface area contributed by atoms with E-state index in [-0.39, 0.29) is 17.2 Å². The Balaban J connectivity index is 1.57. The Kier molecular flexibility index (Phi) is 6.84. The highest BCUT2D eigenvalue weighted by Gasteiger charge is 2.31. The maximum atomic E-state index is 12.4. The summed E-state index contributed by atoms with van der Waals surface area (Å²) in [5, 5.41) is 9.81. The largest absolute Gasteiger partial charge is 0.497 e. The van der Waals surface area contributed by atoms with Crippen LogP contribution in [0.4, 0.5) is 0 Å². The van der Waals surface area contributed by atoms with Crippen LogP contribution in [0.25, 0.3) is 6.08 Å². The number of hydrogen-bond acceptors (Lipinski definition) is 6. The molecular weight excluding hydrogens is 452 g/mol. The fraction of sp³-hybridized carbons (Fsp3) is 0.200. The van der Waals surface area contributed by atoms with E-state index in [2.05, 4.69) is 39.0 Å². The highest BCUT2D eigenvalue weighted by molar-refractivity contribution is 5.88. The van der Waals surface area contributed by atoms with Crippen molar-refractivity contribution in [2.45, 2.75) is 32.1 Å². The maximum Gasteiger partial charge on any atom is 0.336 e. The summed E-state index contributed by atoms with van der Waals surface area (Å²) in [6.07, 6.45) is 3.01. The number of methoxy groups -OCH3 is 1. The average molecular weight is 481 g/mol. The summed E-state index contributed by atoms with van der Waals surface area (Å²) >= 11 is 0. The minimum atomic E-state index is -0.530. The van der Waals surface area contributed by atoms with Gasteiger partial charge in [0, 0.05) is 17.7 Å². The SMILES string of the molecule is COc1ccc(/C=C/C(=O)Oc2ccc3c(c2)OC(N)=C(C#N)C3c2ccc(C(C)(C)C)cc2)cc1.